The summed E-state index contributed by atoms with van der Waals surface area (Å²) < 4.78 is 0. The molecule has 64 heavy (non-hydrogen) atoms. The molecule has 0 saturated carbocycles. The second-order valence-electron chi connectivity index (χ2n) is 20.9. The first-order valence-electron chi connectivity index (χ1n) is 29.8. The SMILES string of the molecule is CCCCCCCCCCCCCCCCCCCCCCCCCCCCCCCC(=O)NC(CO)C(O)C(O)CCCCCCCCCCCCCCCCCCCCCCC. The van der Waals surface area contributed by atoms with Crippen molar-refractivity contribution in [2.24, 2.45) is 0 Å². The zero-order valence-corrected chi connectivity index (χ0v) is 44.0. The molecule has 5 heteroatoms. The minimum absolute atomic E-state index is 0.135. The molecule has 0 spiro atoms. The van der Waals surface area contributed by atoms with E-state index in [1.54, 1.807) is 0 Å². The topological polar surface area (TPSA) is 89.8 Å². The summed E-state index contributed by atoms with van der Waals surface area (Å²) in [6, 6.07) is -0.805. The molecule has 0 saturated heterocycles. The maximum absolute atomic E-state index is 12.5. The molecule has 5 nitrogen and oxygen atoms in total. The highest BCUT2D eigenvalue weighted by atomic mass is 16.3. The third-order valence-electron chi connectivity index (χ3n) is 14.5. The third kappa shape index (κ3) is 49.3. The summed E-state index contributed by atoms with van der Waals surface area (Å²) in [4.78, 5) is 12.5. The fourth-order valence-electron chi connectivity index (χ4n) is 9.87. The molecule has 384 valence electrons. The van der Waals surface area contributed by atoms with Crippen LogP contribution in [-0.2, 0) is 4.79 Å². The van der Waals surface area contributed by atoms with Gasteiger partial charge in [-0.05, 0) is 12.8 Å². The van der Waals surface area contributed by atoms with E-state index in [1.807, 2.05) is 0 Å². The number of unbranched alkanes of at least 4 members (excludes halogenated alkanes) is 48. The van der Waals surface area contributed by atoms with E-state index in [0.29, 0.717) is 12.8 Å². The number of aliphatic hydroxyl groups excluding tert-OH is 3. The fraction of sp³-hybridized carbons (Fsp3) is 0.983. The molecule has 3 unspecified atom stereocenters. The van der Waals surface area contributed by atoms with Crippen LogP contribution in [-0.4, -0.2) is 46.1 Å². The molecule has 0 aliphatic carbocycles. The Bertz CT molecular complexity index is 868. The largest absolute Gasteiger partial charge is 0.394 e. The van der Waals surface area contributed by atoms with E-state index < -0.39 is 18.2 Å². The van der Waals surface area contributed by atoms with Crippen molar-refractivity contribution in [1.29, 1.82) is 0 Å². The van der Waals surface area contributed by atoms with Crippen molar-refractivity contribution in [3.8, 4) is 0 Å². The zero-order valence-electron chi connectivity index (χ0n) is 44.0. The van der Waals surface area contributed by atoms with E-state index in [9.17, 15) is 20.1 Å². The van der Waals surface area contributed by atoms with Crippen LogP contribution in [0.5, 0.6) is 0 Å². The standard InChI is InChI=1S/C59H119NO4/c1-3-5-7-9-11-13-15-17-19-21-23-25-26-27-28-29-30-31-32-34-36-38-40-42-44-46-48-50-52-54-58(63)60-56(55-61)59(64)57(62)53-51-49-47-45-43-41-39-37-35-33-24-22-20-18-16-14-12-10-8-6-4-2/h56-57,59,61-62,64H,3-55H2,1-2H3,(H,60,63). The Labute approximate surface area is 402 Å². The van der Waals surface area contributed by atoms with Gasteiger partial charge in [-0.1, -0.05) is 328 Å². The number of hydrogen-bond acceptors (Lipinski definition) is 4. The molecular weight excluding hydrogens is 787 g/mol. The van der Waals surface area contributed by atoms with Crippen molar-refractivity contribution in [2.45, 2.75) is 366 Å². The van der Waals surface area contributed by atoms with Crippen molar-refractivity contribution in [1.82, 2.24) is 5.32 Å². The van der Waals surface area contributed by atoms with Gasteiger partial charge in [-0.15, -0.1) is 0 Å². The molecule has 4 N–H and O–H groups in total. The summed E-state index contributed by atoms with van der Waals surface area (Å²) >= 11 is 0. The van der Waals surface area contributed by atoms with Gasteiger partial charge in [-0.25, -0.2) is 0 Å². The van der Waals surface area contributed by atoms with E-state index in [-0.39, 0.29) is 12.5 Å². The van der Waals surface area contributed by atoms with E-state index in [4.69, 9.17) is 0 Å². The molecule has 0 rings (SSSR count). The first-order valence-corrected chi connectivity index (χ1v) is 29.8. The molecule has 0 fully saturated rings. The lowest BCUT2D eigenvalue weighted by Crippen LogP contribution is -2.50. The van der Waals surface area contributed by atoms with Gasteiger partial charge in [0.25, 0.3) is 0 Å². The highest BCUT2D eigenvalue weighted by molar-refractivity contribution is 5.76. The molecule has 1 amide bonds. The lowest BCUT2D eigenvalue weighted by Gasteiger charge is -2.26. The maximum Gasteiger partial charge on any atom is 0.220 e. The quantitative estimate of drug-likeness (QED) is 0.0458. The Morgan fingerprint density at radius 2 is 0.531 bits per heavy atom. The van der Waals surface area contributed by atoms with Crippen LogP contribution in [0.4, 0.5) is 0 Å². The highest BCUT2D eigenvalue weighted by Gasteiger charge is 2.26. The predicted octanol–water partition coefficient (Wildman–Crippen LogP) is 18.5. The molecule has 3 atom stereocenters. The molecule has 0 aromatic heterocycles. The lowest BCUT2D eigenvalue weighted by atomic mass is 9.99. The minimum Gasteiger partial charge on any atom is -0.394 e. The number of aliphatic hydroxyl groups is 3. The Kier molecular flexibility index (Phi) is 54.4. The summed E-state index contributed by atoms with van der Waals surface area (Å²) in [5.41, 5.74) is 0. The number of carbonyl (C=O) groups is 1. The summed E-state index contributed by atoms with van der Waals surface area (Å²) in [6.45, 7) is 4.23. The van der Waals surface area contributed by atoms with Crippen LogP contribution in [0.1, 0.15) is 348 Å². The Balaban J connectivity index is 3.46. The van der Waals surface area contributed by atoms with Crippen LogP contribution in [0.15, 0.2) is 0 Å². The van der Waals surface area contributed by atoms with Gasteiger partial charge in [-0.2, -0.15) is 0 Å². The zero-order chi connectivity index (χ0) is 46.5. The summed E-state index contributed by atoms with van der Waals surface area (Å²) in [5, 5.41) is 33.8. The third-order valence-corrected chi connectivity index (χ3v) is 14.5. The highest BCUT2D eigenvalue weighted by Crippen LogP contribution is 2.19. The van der Waals surface area contributed by atoms with Gasteiger partial charge in [0.2, 0.25) is 5.91 Å². The van der Waals surface area contributed by atoms with Crippen LogP contribution < -0.4 is 5.32 Å². The van der Waals surface area contributed by atoms with E-state index in [1.165, 1.54) is 289 Å². The van der Waals surface area contributed by atoms with Crippen LogP contribution in [0.25, 0.3) is 0 Å². The van der Waals surface area contributed by atoms with Crippen molar-refractivity contribution >= 4 is 5.91 Å². The lowest BCUT2D eigenvalue weighted by molar-refractivity contribution is -0.124. The average Bonchev–Trinajstić information content (AvgIpc) is 3.30. The van der Waals surface area contributed by atoms with Crippen LogP contribution in [0.2, 0.25) is 0 Å². The number of carbonyl (C=O) groups excluding carboxylic acids is 1. The Morgan fingerprint density at radius 1 is 0.328 bits per heavy atom. The second kappa shape index (κ2) is 55.0. The summed E-state index contributed by atoms with van der Waals surface area (Å²) in [7, 11) is 0. The molecule has 0 bridgehead atoms. The van der Waals surface area contributed by atoms with Gasteiger partial charge in [0.05, 0.1) is 18.8 Å². The molecule has 0 aromatic rings. The van der Waals surface area contributed by atoms with E-state index in [2.05, 4.69) is 19.2 Å². The summed E-state index contributed by atoms with van der Waals surface area (Å²) in [6.07, 6.45) is 67.0. The first-order chi connectivity index (χ1) is 31.6. The van der Waals surface area contributed by atoms with Gasteiger partial charge in [0, 0.05) is 6.42 Å². The van der Waals surface area contributed by atoms with E-state index >= 15 is 0 Å². The first kappa shape index (κ1) is 63.4. The number of amides is 1. The second-order valence-corrected chi connectivity index (χ2v) is 20.9. The molecule has 0 radical (unpaired) electrons. The number of rotatable bonds is 56. The van der Waals surface area contributed by atoms with Crippen molar-refractivity contribution in [2.75, 3.05) is 6.61 Å². The fourth-order valence-corrected chi connectivity index (χ4v) is 9.87. The van der Waals surface area contributed by atoms with Crippen LogP contribution in [0, 0.1) is 0 Å². The van der Waals surface area contributed by atoms with Crippen LogP contribution >= 0.6 is 0 Å². The molecule has 0 aliphatic rings. The van der Waals surface area contributed by atoms with Gasteiger partial charge in [0.1, 0.15) is 6.10 Å². The smallest absolute Gasteiger partial charge is 0.220 e. The monoisotopic (exact) mass is 906 g/mol. The van der Waals surface area contributed by atoms with Gasteiger partial charge in [-0.3, -0.25) is 4.79 Å². The summed E-state index contributed by atoms with van der Waals surface area (Å²) in [5.74, 6) is -0.135. The van der Waals surface area contributed by atoms with E-state index in [0.717, 1.165) is 32.1 Å². The van der Waals surface area contributed by atoms with Crippen molar-refractivity contribution in [3.05, 3.63) is 0 Å². The predicted molar refractivity (Wildman–Crippen MR) is 282 cm³/mol. The normalized spacial score (nSPS) is 13.1. The average molecular weight is 907 g/mol. The molecule has 0 aromatic carbocycles. The van der Waals surface area contributed by atoms with Gasteiger partial charge >= 0.3 is 0 Å². The van der Waals surface area contributed by atoms with Crippen molar-refractivity contribution < 1.29 is 20.1 Å². The number of hydrogen-bond donors (Lipinski definition) is 4. The molecule has 0 aliphatic heterocycles. The Hall–Kier alpha value is -0.650. The maximum atomic E-state index is 12.5. The minimum atomic E-state index is -1.13. The molecular formula is C59H119NO4. The molecule has 0 heterocycles. The number of nitrogens with one attached hydrogen (secondary N) is 1. The van der Waals surface area contributed by atoms with Gasteiger partial charge in [0.15, 0.2) is 0 Å². The van der Waals surface area contributed by atoms with Crippen molar-refractivity contribution in [3.63, 3.8) is 0 Å². The van der Waals surface area contributed by atoms with Crippen LogP contribution in [0.3, 0.4) is 0 Å². The van der Waals surface area contributed by atoms with Gasteiger partial charge < -0.3 is 20.6 Å². The Morgan fingerprint density at radius 3 is 0.750 bits per heavy atom.